The minimum atomic E-state index is -0.428. The SMILES string of the molecule is CC(=O)/C=C(\C)N[C@H]1c2ccccc2C[C@H]1O. The molecule has 0 radical (unpaired) electrons. The maximum absolute atomic E-state index is 11.0. The summed E-state index contributed by atoms with van der Waals surface area (Å²) in [5, 5.41) is 13.2. The van der Waals surface area contributed by atoms with Crippen molar-refractivity contribution in [3.8, 4) is 0 Å². The van der Waals surface area contributed by atoms with Crippen LogP contribution in [0, 0.1) is 0 Å². The third kappa shape index (κ3) is 2.56. The van der Waals surface area contributed by atoms with Crippen LogP contribution in [0.5, 0.6) is 0 Å². The maximum Gasteiger partial charge on any atom is 0.154 e. The average Bonchev–Trinajstić information content (AvgIpc) is 2.55. The molecular formula is C14H17NO2. The monoisotopic (exact) mass is 231 g/mol. The van der Waals surface area contributed by atoms with Crippen LogP contribution in [0.15, 0.2) is 36.0 Å². The van der Waals surface area contributed by atoms with Crippen molar-refractivity contribution in [2.24, 2.45) is 0 Å². The van der Waals surface area contributed by atoms with Crippen molar-refractivity contribution in [1.29, 1.82) is 0 Å². The number of aliphatic hydroxyl groups is 1. The molecule has 2 rings (SSSR count). The van der Waals surface area contributed by atoms with Gasteiger partial charge in [-0.25, -0.2) is 0 Å². The Balaban J connectivity index is 2.20. The summed E-state index contributed by atoms with van der Waals surface area (Å²) < 4.78 is 0. The summed E-state index contributed by atoms with van der Waals surface area (Å²) >= 11 is 0. The Morgan fingerprint density at radius 3 is 2.82 bits per heavy atom. The van der Waals surface area contributed by atoms with Crippen LogP contribution in [0.4, 0.5) is 0 Å². The molecular weight excluding hydrogens is 214 g/mol. The predicted octanol–water partition coefficient (Wildman–Crippen LogP) is 1.73. The smallest absolute Gasteiger partial charge is 0.154 e. The fraction of sp³-hybridized carbons (Fsp3) is 0.357. The number of rotatable bonds is 3. The van der Waals surface area contributed by atoms with Gasteiger partial charge in [-0.2, -0.15) is 0 Å². The fourth-order valence-corrected chi connectivity index (χ4v) is 2.34. The molecule has 3 nitrogen and oxygen atoms in total. The van der Waals surface area contributed by atoms with Gasteiger partial charge in [-0.3, -0.25) is 4.79 Å². The molecule has 0 spiro atoms. The second kappa shape index (κ2) is 4.72. The summed E-state index contributed by atoms with van der Waals surface area (Å²) in [5.41, 5.74) is 3.09. The van der Waals surface area contributed by atoms with Gasteiger partial charge in [-0.15, -0.1) is 0 Å². The Morgan fingerprint density at radius 1 is 1.41 bits per heavy atom. The number of hydrogen-bond donors (Lipinski definition) is 2. The van der Waals surface area contributed by atoms with Gasteiger partial charge < -0.3 is 10.4 Å². The second-order valence-electron chi connectivity index (χ2n) is 4.53. The first-order valence-electron chi connectivity index (χ1n) is 5.79. The highest BCUT2D eigenvalue weighted by Gasteiger charge is 2.30. The maximum atomic E-state index is 11.0. The van der Waals surface area contributed by atoms with Gasteiger partial charge in [0.15, 0.2) is 5.78 Å². The minimum absolute atomic E-state index is 0.00997. The molecule has 0 aromatic heterocycles. The largest absolute Gasteiger partial charge is 0.390 e. The van der Waals surface area contributed by atoms with Crippen LogP contribution >= 0.6 is 0 Å². The molecule has 1 aliphatic carbocycles. The van der Waals surface area contributed by atoms with Gasteiger partial charge in [-0.05, 0) is 31.1 Å². The van der Waals surface area contributed by atoms with Gasteiger partial charge >= 0.3 is 0 Å². The van der Waals surface area contributed by atoms with Crippen molar-refractivity contribution in [3.63, 3.8) is 0 Å². The molecule has 0 aliphatic heterocycles. The average molecular weight is 231 g/mol. The van der Waals surface area contributed by atoms with E-state index in [0.29, 0.717) is 6.42 Å². The zero-order valence-electron chi connectivity index (χ0n) is 10.1. The molecule has 2 N–H and O–H groups in total. The first kappa shape index (κ1) is 11.9. The summed E-state index contributed by atoms with van der Waals surface area (Å²) in [5.74, 6) is 0.00997. The molecule has 0 fully saturated rings. The summed E-state index contributed by atoms with van der Waals surface area (Å²) in [7, 11) is 0. The van der Waals surface area contributed by atoms with Crippen LogP contribution < -0.4 is 5.32 Å². The summed E-state index contributed by atoms with van der Waals surface area (Å²) in [6, 6.07) is 7.89. The number of carbonyl (C=O) groups excluding carboxylic acids is 1. The van der Waals surface area contributed by atoms with E-state index in [1.54, 1.807) is 6.08 Å². The molecule has 0 heterocycles. The molecule has 0 amide bonds. The minimum Gasteiger partial charge on any atom is -0.390 e. The Kier molecular flexibility index (Phi) is 3.29. The topological polar surface area (TPSA) is 49.3 Å². The number of hydrogen-bond acceptors (Lipinski definition) is 3. The van der Waals surface area contributed by atoms with E-state index in [-0.39, 0.29) is 11.8 Å². The van der Waals surface area contributed by atoms with E-state index in [4.69, 9.17) is 0 Å². The van der Waals surface area contributed by atoms with E-state index in [1.165, 1.54) is 12.5 Å². The molecule has 1 aromatic rings. The fourth-order valence-electron chi connectivity index (χ4n) is 2.34. The summed E-state index contributed by atoms with van der Waals surface area (Å²) in [6.07, 6.45) is 1.79. The van der Waals surface area contributed by atoms with E-state index < -0.39 is 6.10 Å². The lowest BCUT2D eigenvalue weighted by Crippen LogP contribution is -2.27. The molecule has 1 aliphatic rings. The first-order chi connectivity index (χ1) is 8.08. The predicted molar refractivity (Wildman–Crippen MR) is 66.5 cm³/mol. The van der Waals surface area contributed by atoms with Crippen LogP contribution in [0.1, 0.15) is 31.0 Å². The summed E-state index contributed by atoms with van der Waals surface area (Å²) in [6.45, 7) is 3.36. The van der Waals surface area contributed by atoms with Crippen molar-refractivity contribution >= 4 is 5.78 Å². The number of allylic oxidation sites excluding steroid dienone is 2. The Hall–Kier alpha value is -1.61. The third-order valence-electron chi connectivity index (χ3n) is 3.01. The van der Waals surface area contributed by atoms with Crippen molar-refractivity contribution in [1.82, 2.24) is 5.32 Å². The standard InChI is InChI=1S/C14H17NO2/c1-9(7-10(2)16)15-14-12-6-4-3-5-11(12)8-13(14)17/h3-7,13-15,17H,8H2,1-2H3/b9-7+/t13-,14+/m1/s1. The molecule has 0 saturated heterocycles. The number of fused-ring (bicyclic) bond motifs is 1. The van der Waals surface area contributed by atoms with Crippen LogP contribution in [0.25, 0.3) is 0 Å². The number of ketones is 1. The van der Waals surface area contributed by atoms with Gasteiger partial charge in [-0.1, -0.05) is 24.3 Å². The van der Waals surface area contributed by atoms with Crippen LogP contribution in [-0.2, 0) is 11.2 Å². The zero-order valence-corrected chi connectivity index (χ0v) is 10.1. The lowest BCUT2D eigenvalue weighted by molar-refractivity contribution is -0.112. The Bertz CT molecular complexity index is 465. The molecule has 3 heteroatoms. The molecule has 17 heavy (non-hydrogen) atoms. The van der Waals surface area contributed by atoms with E-state index >= 15 is 0 Å². The van der Waals surface area contributed by atoms with E-state index in [2.05, 4.69) is 5.32 Å². The van der Waals surface area contributed by atoms with Gasteiger partial charge in [0, 0.05) is 12.1 Å². The number of nitrogens with one attached hydrogen (secondary N) is 1. The van der Waals surface area contributed by atoms with Gasteiger partial charge in [0.25, 0.3) is 0 Å². The van der Waals surface area contributed by atoms with Crippen LogP contribution in [0.3, 0.4) is 0 Å². The highest BCUT2D eigenvalue weighted by molar-refractivity contribution is 5.87. The van der Waals surface area contributed by atoms with Gasteiger partial charge in [0.1, 0.15) is 0 Å². The quantitative estimate of drug-likeness (QED) is 0.779. The second-order valence-corrected chi connectivity index (χ2v) is 4.53. The van der Waals surface area contributed by atoms with E-state index in [0.717, 1.165) is 11.3 Å². The zero-order chi connectivity index (χ0) is 12.4. The van der Waals surface area contributed by atoms with Crippen LogP contribution in [-0.4, -0.2) is 17.0 Å². The number of carbonyl (C=O) groups is 1. The molecule has 2 atom stereocenters. The van der Waals surface area contributed by atoms with Crippen molar-refractivity contribution in [2.45, 2.75) is 32.4 Å². The van der Waals surface area contributed by atoms with Crippen molar-refractivity contribution in [3.05, 3.63) is 47.2 Å². The van der Waals surface area contributed by atoms with Crippen LogP contribution in [0.2, 0.25) is 0 Å². The summed E-state index contributed by atoms with van der Waals surface area (Å²) in [4.78, 5) is 11.0. The number of benzene rings is 1. The molecule has 90 valence electrons. The first-order valence-corrected chi connectivity index (χ1v) is 5.79. The van der Waals surface area contributed by atoms with Crippen molar-refractivity contribution in [2.75, 3.05) is 0 Å². The van der Waals surface area contributed by atoms with Crippen molar-refractivity contribution < 1.29 is 9.90 Å². The Morgan fingerprint density at radius 2 is 2.12 bits per heavy atom. The molecule has 0 unspecified atom stereocenters. The highest BCUT2D eigenvalue weighted by Crippen LogP contribution is 2.31. The van der Waals surface area contributed by atoms with E-state index in [1.807, 2.05) is 31.2 Å². The highest BCUT2D eigenvalue weighted by atomic mass is 16.3. The normalized spacial score (nSPS) is 23.4. The van der Waals surface area contributed by atoms with Gasteiger partial charge in [0.05, 0.1) is 12.1 Å². The molecule has 0 bridgehead atoms. The lowest BCUT2D eigenvalue weighted by atomic mass is 10.1. The Labute approximate surface area is 101 Å². The molecule has 0 saturated carbocycles. The molecule has 1 aromatic carbocycles. The lowest BCUT2D eigenvalue weighted by Gasteiger charge is -2.19. The third-order valence-corrected chi connectivity index (χ3v) is 3.01. The van der Waals surface area contributed by atoms with Gasteiger partial charge in [0.2, 0.25) is 0 Å². The number of aliphatic hydroxyl groups excluding tert-OH is 1. The van der Waals surface area contributed by atoms with E-state index in [9.17, 15) is 9.90 Å².